The lowest BCUT2D eigenvalue weighted by atomic mass is 10.2. The Kier molecular flexibility index (Phi) is 5.34. The Bertz CT molecular complexity index is 1030. The first-order valence-electron chi connectivity index (χ1n) is 9.38. The Morgan fingerprint density at radius 2 is 1.86 bits per heavy atom. The van der Waals surface area contributed by atoms with E-state index in [9.17, 15) is 4.79 Å². The smallest absolute Gasteiger partial charge is 0.267 e. The fraction of sp³-hybridized carbons (Fsp3) is 0.368. The van der Waals surface area contributed by atoms with Crippen LogP contribution in [0.5, 0.6) is 0 Å². The van der Waals surface area contributed by atoms with Gasteiger partial charge in [0.05, 0.1) is 5.69 Å². The van der Waals surface area contributed by atoms with Gasteiger partial charge in [0.25, 0.3) is 5.91 Å². The molecule has 29 heavy (non-hydrogen) atoms. The van der Waals surface area contributed by atoms with E-state index in [0.717, 1.165) is 28.7 Å². The van der Waals surface area contributed by atoms with Crippen molar-refractivity contribution in [2.75, 3.05) is 36.4 Å². The van der Waals surface area contributed by atoms with Crippen LogP contribution in [0.3, 0.4) is 0 Å². The summed E-state index contributed by atoms with van der Waals surface area (Å²) in [5.74, 6) is 2.98. The summed E-state index contributed by atoms with van der Waals surface area (Å²) >= 11 is 1.15. The van der Waals surface area contributed by atoms with Crippen LogP contribution in [0.25, 0.3) is 0 Å². The molecule has 0 bridgehead atoms. The molecule has 1 saturated heterocycles. The van der Waals surface area contributed by atoms with E-state index in [-0.39, 0.29) is 5.91 Å². The molecule has 3 aromatic rings. The zero-order chi connectivity index (χ0) is 20.4. The molecule has 3 aromatic heterocycles. The van der Waals surface area contributed by atoms with Crippen LogP contribution in [0.4, 0.5) is 17.5 Å². The molecule has 0 radical (unpaired) electrons. The van der Waals surface area contributed by atoms with E-state index in [1.165, 1.54) is 0 Å². The van der Waals surface area contributed by atoms with Gasteiger partial charge in [-0.15, -0.1) is 5.10 Å². The number of hydrogen-bond donors (Lipinski definition) is 1. The summed E-state index contributed by atoms with van der Waals surface area (Å²) < 4.78 is 3.86. The van der Waals surface area contributed by atoms with Gasteiger partial charge in [0, 0.05) is 38.4 Å². The average Bonchev–Trinajstić information content (AvgIpc) is 3.13. The highest BCUT2D eigenvalue weighted by Gasteiger charge is 2.25. The fourth-order valence-corrected chi connectivity index (χ4v) is 3.85. The van der Waals surface area contributed by atoms with E-state index in [0.29, 0.717) is 48.4 Å². The largest absolute Gasteiger partial charge is 0.353 e. The van der Waals surface area contributed by atoms with E-state index in [2.05, 4.69) is 34.8 Å². The first-order valence-corrected chi connectivity index (χ1v) is 10.2. The molecule has 0 aromatic carbocycles. The second-order valence-electron chi connectivity index (χ2n) is 6.97. The molecule has 9 nitrogen and oxygen atoms in total. The second kappa shape index (κ2) is 8.08. The van der Waals surface area contributed by atoms with Crippen LogP contribution in [-0.4, -0.2) is 61.5 Å². The van der Waals surface area contributed by atoms with Crippen LogP contribution in [0.1, 0.15) is 26.8 Å². The lowest BCUT2D eigenvalue weighted by molar-refractivity contribution is 0.0750. The SMILES string of the molecule is Cc1ccnc(Nc2cc(N3CCN(C(=O)c4snnc4C)CC3)nc(C)n2)c1. The van der Waals surface area contributed by atoms with Crippen LogP contribution in [-0.2, 0) is 0 Å². The van der Waals surface area contributed by atoms with Crippen LogP contribution in [0, 0.1) is 20.8 Å². The quantitative estimate of drug-likeness (QED) is 0.700. The number of pyridine rings is 1. The monoisotopic (exact) mass is 410 g/mol. The standard InChI is InChI=1S/C19H22N8OS/c1-12-4-5-20-15(10-12)23-16-11-17(22-14(3)21-16)26-6-8-27(9-7-26)19(28)18-13(2)24-25-29-18/h4-5,10-11H,6-9H2,1-3H3,(H,20,21,22,23). The summed E-state index contributed by atoms with van der Waals surface area (Å²) in [7, 11) is 0. The van der Waals surface area contributed by atoms with Gasteiger partial charge in [0.1, 0.15) is 28.2 Å². The van der Waals surface area contributed by atoms with Gasteiger partial charge in [-0.3, -0.25) is 4.79 Å². The van der Waals surface area contributed by atoms with Gasteiger partial charge >= 0.3 is 0 Å². The number of anilines is 3. The molecular weight excluding hydrogens is 388 g/mol. The summed E-state index contributed by atoms with van der Waals surface area (Å²) in [5, 5.41) is 7.19. The Balaban J connectivity index is 1.45. The maximum absolute atomic E-state index is 12.7. The molecule has 0 spiro atoms. The Morgan fingerprint density at radius 3 is 2.55 bits per heavy atom. The topological polar surface area (TPSA) is 100 Å². The lowest BCUT2D eigenvalue weighted by Gasteiger charge is -2.35. The number of carbonyl (C=O) groups is 1. The highest BCUT2D eigenvalue weighted by Crippen LogP contribution is 2.21. The minimum absolute atomic E-state index is 0.00361. The minimum Gasteiger partial charge on any atom is -0.353 e. The molecule has 0 unspecified atom stereocenters. The van der Waals surface area contributed by atoms with E-state index < -0.39 is 0 Å². The molecule has 4 rings (SSSR count). The second-order valence-corrected chi connectivity index (χ2v) is 7.72. The molecule has 1 N–H and O–H groups in total. The molecule has 4 heterocycles. The Morgan fingerprint density at radius 1 is 1.07 bits per heavy atom. The van der Waals surface area contributed by atoms with Gasteiger partial charge in [-0.25, -0.2) is 15.0 Å². The molecule has 1 amide bonds. The van der Waals surface area contributed by atoms with Gasteiger partial charge in [-0.05, 0) is 50.0 Å². The van der Waals surface area contributed by atoms with Crippen molar-refractivity contribution in [2.45, 2.75) is 20.8 Å². The summed E-state index contributed by atoms with van der Waals surface area (Å²) in [4.78, 5) is 30.7. The maximum atomic E-state index is 12.7. The van der Waals surface area contributed by atoms with Crippen molar-refractivity contribution < 1.29 is 4.79 Å². The number of piperazine rings is 1. The highest BCUT2D eigenvalue weighted by molar-refractivity contribution is 7.07. The number of aryl methyl sites for hydroxylation is 3. The number of amides is 1. The maximum Gasteiger partial charge on any atom is 0.267 e. The van der Waals surface area contributed by atoms with Crippen molar-refractivity contribution in [1.29, 1.82) is 0 Å². The zero-order valence-electron chi connectivity index (χ0n) is 16.6. The third-order valence-electron chi connectivity index (χ3n) is 4.73. The van der Waals surface area contributed by atoms with Crippen molar-refractivity contribution in [3.8, 4) is 0 Å². The van der Waals surface area contributed by atoms with Crippen molar-refractivity contribution in [3.05, 3.63) is 46.4 Å². The van der Waals surface area contributed by atoms with E-state index in [1.807, 2.05) is 43.9 Å². The summed E-state index contributed by atoms with van der Waals surface area (Å²) in [5.41, 5.74) is 1.81. The Hall–Kier alpha value is -3.14. The van der Waals surface area contributed by atoms with Gasteiger partial charge in [0.15, 0.2) is 0 Å². The minimum atomic E-state index is 0.00361. The highest BCUT2D eigenvalue weighted by atomic mass is 32.1. The molecule has 150 valence electrons. The van der Waals surface area contributed by atoms with Crippen molar-refractivity contribution in [2.24, 2.45) is 0 Å². The number of hydrogen-bond acceptors (Lipinski definition) is 9. The number of rotatable bonds is 4. The molecular formula is C19H22N8OS. The normalized spacial score (nSPS) is 14.2. The fourth-order valence-electron chi connectivity index (χ4n) is 3.22. The summed E-state index contributed by atoms with van der Waals surface area (Å²) in [6, 6.07) is 5.84. The van der Waals surface area contributed by atoms with Gasteiger partial charge in [-0.2, -0.15) is 0 Å². The molecule has 0 aliphatic carbocycles. The van der Waals surface area contributed by atoms with E-state index >= 15 is 0 Å². The number of nitrogens with one attached hydrogen (secondary N) is 1. The zero-order valence-corrected chi connectivity index (χ0v) is 17.4. The average molecular weight is 411 g/mol. The van der Waals surface area contributed by atoms with Crippen LogP contribution in [0.2, 0.25) is 0 Å². The van der Waals surface area contributed by atoms with E-state index in [1.54, 1.807) is 6.20 Å². The van der Waals surface area contributed by atoms with Crippen molar-refractivity contribution in [3.63, 3.8) is 0 Å². The number of aromatic nitrogens is 5. The van der Waals surface area contributed by atoms with E-state index in [4.69, 9.17) is 0 Å². The third-order valence-corrected chi connectivity index (χ3v) is 5.55. The molecule has 0 saturated carbocycles. The predicted molar refractivity (Wildman–Crippen MR) is 112 cm³/mol. The van der Waals surface area contributed by atoms with Crippen LogP contribution >= 0.6 is 11.5 Å². The van der Waals surface area contributed by atoms with Crippen molar-refractivity contribution >= 4 is 34.9 Å². The molecule has 1 fully saturated rings. The Labute approximate surface area is 173 Å². The summed E-state index contributed by atoms with van der Waals surface area (Å²) in [6.07, 6.45) is 1.77. The molecule has 10 heteroatoms. The first-order chi connectivity index (χ1) is 14.0. The molecule has 0 atom stereocenters. The van der Waals surface area contributed by atoms with Gasteiger partial charge < -0.3 is 15.1 Å². The van der Waals surface area contributed by atoms with Crippen molar-refractivity contribution in [1.82, 2.24) is 29.4 Å². The molecule has 1 aliphatic rings. The summed E-state index contributed by atoms with van der Waals surface area (Å²) in [6.45, 7) is 8.37. The van der Waals surface area contributed by atoms with Gasteiger partial charge in [0.2, 0.25) is 0 Å². The third kappa shape index (κ3) is 4.32. The van der Waals surface area contributed by atoms with Gasteiger partial charge in [-0.1, -0.05) is 4.49 Å². The number of carbonyl (C=O) groups excluding carboxylic acids is 1. The number of nitrogens with zero attached hydrogens (tertiary/aromatic N) is 7. The molecule has 1 aliphatic heterocycles. The first kappa shape index (κ1) is 19.2. The predicted octanol–water partition coefficient (Wildman–Crippen LogP) is 2.35. The van der Waals surface area contributed by atoms with Crippen LogP contribution in [0.15, 0.2) is 24.4 Å². The van der Waals surface area contributed by atoms with Crippen LogP contribution < -0.4 is 10.2 Å². The lowest BCUT2D eigenvalue weighted by Crippen LogP contribution is -2.49.